The maximum Gasteiger partial charge on any atom is 0.167 e. The highest BCUT2D eigenvalue weighted by Crippen LogP contribution is 2.22. The predicted molar refractivity (Wildman–Crippen MR) is 80.7 cm³/mol. The van der Waals surface area contributed by atoms with Gasteiger partial charge in [0.1, 0.15) is 0 Å². The largest absolute Gasteiger partial charge is 0.491 e. The topological polar surface area (TPSA) is 21.3 Å². The summed E-state index contributed by atoms with van der Waals surface area (Å²) < 4.78 is 18.9. The Labute approximate surface area is 119 Å². The molecule has 0 fully saturated rings. The maximum absolute atomic E-state index is 13.7. The standard InChI is InChI=1S/C17H20FNO/c1-3-13-7-5-6-8-14(13)12-19-15-9-10-17(20-4-2)16(18)11-15/h5-11,19H,3-4,12H2,1-2H3. The third-order valence-corrected chi connectivity index (χ3v) is 3.21. The van der Waals surface area contributed by atoms with E-state index >= 15 is 0 Å². The molecule has 2 rings (SSSR count). The summed E-state index contributed by atoms with van der Waals surface area (Å²) in [5, 5.41) is 3.25. The van der Waals surface area contributed by atoms with Gasteiger partial charge in [-0.3, -0.25) is 0 Å². The first-order valence-corrected chi connectivity index (χ1v) is 6.97. The molecule has 0 spiro atoms. The maximum atomic E-state index is 13.7. The van der Waals surface area contributed by atoms with Gasteiger partial charge in [0.15, 0.2) is 11.6 Å². The lowest BCUT2D eigenvalue weighted by molar-refractivity contribution is 0.321. The zero-order valence-electron chi connectivity index (χ0n) is 11.9. The van der Waals surface area contributed by atoms with Gasteiger partial charge in [-0.2, -0.15) is 0 Å². The van der Waals surface area contributed by atoms with Crippen LogP contribution in [0.25, 0.3) is 0 Å². The van der Waals surface area contributed by atoms with E-state index in [1.165, 1.54) is 17.2 Å². The van der Waals surface area contributed by atoms with E-state index in [0.29, 0.717) is 18.9 Å². The summed E-state index contributed by atoms with van der Waals surface area (Å²) in [7, 11) is 0. The second kappa shape index (κ2) is 6.94. The average Bonchev–Trinajstić information content (AvgIpc) is 2.48. The number of halogens is 1. The van der Waals surface area contributed by atoms with Crippen LogP contribution < -0.4 is 10.1 Å². The molecule has 0 unspecified atom stereocenters. The minimum atomic E-state index is -0.333. The molecule has 2 nitrogen and oxygen atoms in total. The highest BCUT2D eigenvalue weighted by Gasteiger charge is 2.05. The molecule has 0 heterocycles. The summed E-state index contributed by atoms with van der Waals surface area (Å²) in [6, 6.07) is 13.2. The van der Waals surface area contributed by atoms with Gasteiger partial charge in [-0.25, -0.2) is 4.39 Å². The Kier molecular flexibility index (Phi) is 4.99. The lowest BCUT2D eigenvalue weighted by Crippen LogP contribution is -2.03. The Hall–Kier alpha value is -2.03. The van der Waals surface area contributed by atoms with Crippen LogP contribution >= 0.6 is 0 Å². The summed E-state index contributed by atoms with van der Waals surface area (Å²) in [5.41, 5.74) is 3.31. The van der Waals surface area contributed by atoms with E-state index < -0.39 is 0 Å². The number of rotatable bonds is 6. The minimum Gasteiger partial charge on any atom is -0.491 e. The van der Waals surface area contributed by atoms with Gasteiger partial charge in [-0.15, -0.1) is 0 Å². The van der Waals surface area contributed by atoms with E-state index in [4.69, 9.17) is 4.74 Å². The number of hydrogen-bond donors (Lipinski definition) is 1. The van der Waals surface area contributed by atoms with Crippen molar-refractivity contribution in [3.63, 3.8) is 0 Å². The predicted octanol–water partition coefficient (Wildman–Crippen LogP) is 4.40. The van der Waals surface area contributed by atoms with Crippen molar-refractivity contribution in [3.05, 3.63) is 59.4 Å². The van der Waals surface area contributed by atoms with E-state index in [9.17, 15) is 4.39 Å². The lowest BCUT2D eigenvalue weighted by Gasteiger charge is -2.11. The van der Waals surface area contributed by atoms with Crippen LogP contribution in [-0.2, 0) is 13.0 Å². The molecule has 0 atom stereocenters. The van der Waals surface area contributed by atoms with Crippen LogP contribution in [0.5, 0.6) is 5.75 Å². The highest BCUT2D eigenvalue weighted by atomic mass is 19.1. The molecule has 0 saturated carbocycles. The van der Waals surface area contributed by atoms with Crippen LogP contribution in [0.1, 0.15) is 25.0 Å². The smallest absolute Gasteiger partial charge is 0.167 e. The molecule has 3 heteroatoms. The Morgan fingerprint density at radius 3 is 2.45 bits per heavy atom. The van der Waals surface area contributed by atoms with Crippen molar-refractivity contribution in [1.82, 2.24) is 0 Å². The fourth-order valence-corrected chi connectivity index (χ4v) is 2.16. The zero-order chi connectivity index (χ0) is 14.4. The number of anilines is 1. The third-order valence-electron chi connectivity index (χ3n) is 3.21. The Morgan fingerprint density at radius 2 is 1.80 bits per heavy atom. The monoisotopic (exact) mass is 273 g/mol. The quantitative estimate of drug-likeness (QED) is 0.842. The van der Waals surface area contributed by atoms with Crippen molar-refractivity contribution < 1.29 is 9.13 Å². The van der Waals surface area contributed by atoms with Gasteiger partial charge in [0.25, 0.3) is 0 Å². The van der Waals surface area contributed by atoms with Crippen molar-refractivity contribution in [2.45, 2.75) is 26.8 Å². The summed E-state index contributed by atoms with van der Waals surface area (Å²) in [6.45, 7) is 5.13. The minimum absolute atomic E-state index is 0.298. The van der Waals surface area contributed by atoms with Crippen molar-refractivity contribution in [2.24, 2.45) is 0 Å². The van der Waals surface area contributed by atoms with Crippen LogP contribution in [0.3, 0.4) is 0 Å². The van der Waals surface area contributed by atoms with Gasteiger partial charge in [-0.05, 0) is 36.6 Å². The van der Waals surface area contributed by atoms with E-state index in [2.05, 4.69) is 24.4 Å². The molecule has 1 N–H and O–H groups in total. The van der Waals surface area contributed by atoms with Gasteiger partial charge >= 0.3 is 0 Å². The fourth-order valence-electron chi connectivity index (χ4n) is 2.16. The van der Waals surface area contributed by atoms with Gasteiger partial charge in [-0.1, -0.05) is 31.2 Å². The molecule has 0 saturated heterocycles. The number of nitrogens with one attached hydrogen (secondary N) is 1. The van der Waals surface area contributed by atoms with Crippen LogP contribution in [0.2, 0.25) is 0 Å². The summed E-state index contributed by atoms with van der Waals surface area (Å²) in [5.74, 6) is -0.0346. The fraction of sp³-hybridized carbons (Fsp3) is 0.294. The van der Waals surface area contributed by atoms with E-state index in [1.807, 2.05) is 25.1 Å². The van der Waals surface area contributed by atoms with Gasteiger partial charge in [0.05, 0.1) is 6.61 Å². The highest BCUT2D eigenvalue weighted by molar-refractivity contribution is 5.48. The summed E-state index contributed by atoms with van der Waals surface area (Å²) in [6.07, 6.45) is 0.996. The van der Waals surface area contributed by atoms with Crippen molar-refractivity contribution in [1.29, 1.82) is 0 Å². The van der Waals surface area contributed by atoms with E-state index in [1.54, 1.807) is 6.07 Å². The van der Waals surface area contributed by atoms with Gasteiger partial charge < -0.3 is 10.1 Å². The average molecular weight is 273 g/mol. The Balaban J connectivity index is 2.05. The van der Waals surface area contributed by atoms with Crippen LogP contribution in [-0.4, -0.2) is 6.61 Å². The second-order valence-corrected chi connectivity index (χ2v) is 4.55. The molecular formula is C17H20FNO. The van der Waals surface area contributed by atoms with Crippen molar-refractivity contribution in [2.75, 3.05) is 11.9 Å². The van der Waals surface area contributed by atoms with E-state index in [0.717, 1.165) is 12.1 Å². The number of hydrogen-bond acceptors (Lipinski definition) is 2. The first-order chi connectivity index (χ1) is 9.74. The van der Waals surface area contributed by atoms with Crippen LogP contribution in [0.15, 0.2) is 42.5 Å². The third kappa shape index (κ3) is 3.50. The Bertz CT molecular complexity index is 569. The van der Waals surface area contributed by atoms with Crippen molar-refractivity contribution >= 4 is 5.69 Å². The van der Waals surface area contributed by atoms with Crippen LogP contribution in [0, 0.1) is 5.82 Å². The molecule has 0 aromatic heterocycles. The summed E-state index contributed by atoms with van der Waals surface area (Å²) in [4.78, 5) is 0. The molecule has 0 bridgehead atoms. The molecule has 0 aliphatic rings. The van der Waals surface area contributed by atoms with Gasteiger partial charge in [0, 0.05) is 18.3 Å². The number of benzene rings is 2. The molecule has 2 aromatic carbocycles. The first kappa shape index (κ1) is 14.4. The molecule has 20 heavy (non-hydrogen) atoms. The lowest BCUT2D eigenvalue weighted by atomic mass is 10.1. The number of aryl methyl sites for hydroxylation is 1. The van der Waals surface area contributed by atoms with Gasteiger partial charge in [0.2, 0.25) is 0 Å². The molecular weight excluding hydrogens is 253 g/mol. The SMILES string of the molecule is CCOc1ccc(NCc2ccccc2CC)cc1F. The molecule has 0 amide bonds. The molecule has 106 valence electrons. The van der Waals surface area contributed by atoms with Crippen molar-refractivity contribution in [3.8, 4) is 5.75 Å². The second-order valence-electron chi connectivity index (χ2n) is 4.55. The molecule has 0 radical (unpaired) electrons. The van der Waals surface area contributed by atoms with Crippen LogP contribution in [0.4, 0.5) is 10.1 Å². The van der Waals surface area contributed by atoms with E-state index in [-0.39, 0.29) is 5.82 Å². The zero-order valence-corrected chi connectivity index (χ0v) is 11.9. The first-order valence-electron chi connectivity index (χ1n) is 6.97. The number of ether oxygens (including phenoxy) is 1. The molecule has 2 aromatic rings. The summed E-state index contributed by atoms with van der Waals surface area (Å²) >= 11 is 0. The normalized spacial score (nSPS) is 10.3. The molecule has 0 aliphatic carbocycles. The Morgan fingerprint density at radius 1 is 1.05 bits per heavy atom. The molecule has 0 aliphatic heterocycles.